The second-order valence-corrected chi connectivity index (χ2v) is 5.78. The molecule has 0 aromatic heterocycles. The van der Waals surface area contributed by atoms with Crippen molar-refractivity contribution in [1.82, 2.24) is 4.90 Å². The summed E-state index contributed by atoms with van der Waals surface area (Å²) in [7, 11) is 0. The molecule has 1 rings (SSSR count). The van der Waals surface area contributed by atoms with Gasteiger partial charge in [-0.05, 0) is 32.9 Å². The molecule has 1 amide bonds. The summed E-state index contributed by atoms with van der Waals surface area (Å²) in [4.78, 5) is 25.5. The zero-order chi connectivity index (χ0) is 15.1. The van der Waals surface area contributed by atoms with E-state index in [0.29, 0.717) is 12.3 Å². The number of amides is 1. The van der Waals surface area contributed by atoms with Crippen molar-refractivity contribution in [1.29, 1.82) is 0 Å². The molecule has 0 saturated heterocycles. The van der Waals surface area contributed by atoms with Crippen molar-refractivity contribution in [3.63, 3.8) is 0 Å². The number of nitrogens with zero attached hydrogens (tertiary/aromatic N) is 1. The van der Waals surface area contributed by atoms with Crippen LogP contribution >= 0.6 is 11.8 Å². The van der Waals surface area contributed by atoms with Gasteiger partial charge in [-0.2, -0.15) is 0 Å². The van der Waals surface area contributed by atoms with Gasteiger partial charge in [0, 0.05) is 17.5 Å². The molecule has 0 radical (unpaired) electrons. The Morgan fingerprint density at radius 3 is 2.40 bits per heavy atom. The summed E-state index contributed by atoms with van der Waals surface area (Å²) < 4.78 is 0. The predicted molar refractivity (Wildman–Crippen MR) is 81.0 cm³/mol. The third kappa shape index (κ3) is 5.25. The highest BCUT2D eigenvalue weighted by Crippen LogP contribution is 2.19. The summed E-state index contributed by atoms with van der Waals surface area (Å²) >= 11 is 1.48. The number of carboxylic acids is 1. The number of carbonyl (C=O) groups is 2. The Morgan fingerprint density at radius 2 is 1.90 bits per heavy atom. The minimum Gasteiger partial charge on any atom is -0.481 e. The molecule has 1 unspecified atom stereocenters. The maximum absolute atomic E-state index is 12.1. The van der Waals surface area contributed by atoms with Crippen molar-refractivity contribution < 1.29 is 14.7 Å². The molecule has 0 heterocycles. The molecule has 0 bridgehead atoms. The monoisotopic (exact) mass is 295 g/mol. The fourth-order valence-electron chi connectivity index (χ4n) is 1.96. The van der Waals surface area contributed by atoms with E-state index in [1.807, 2.05) is 38.1 Å². The molecule has 1 N–H and O–H groups in total. The van der Waals surface area contributed by atoms with Crippen LogP contribution in [0.3, 0.4) is 0 Å². The Balaban J connectivity index is 2.54. The second-order valence-electron chi connectivity index (χ2n) is 4.73. The van der Waals surface area contributed by atoms with Gasteiger partial charge in [0.25, 0.3) is 0 Å². The lowest BCUT2D eigenvalue weighted by atomic mass is 10.2. The van der Waals surface area contributed by atoms with Crippen LogP contribution in [-0.4, -0.2) is 40.2 Å². The van der Waals surface area contributed by atoms with E-state index in [-0.39, 0.29) is 18.4 Å². The standard InChI is InChI=1S/C15H21NO3S/c1-4-16(12(3)9-15(18)19)14(17)10-20-13-7-5-11(2)6-8-13/h5-8,12H,4,9-10H2,1-3H3,(H,18,19). The lowest BCUT2D eigenvalue weighted by Gasteiger charge is -2.26. The molecule has 0 aliphatic heterocycles. The van der Waals surface area contributed by atoms with Crippen molar-refractivity contribution in [3.05, 3.63) is 29.8 Å². The van der Waals surface area contributed by atoms with E-state index in [2.05, 4.69) is 0 Å². The van der Waals surface area contributed by atoms with E-state index in [0.717, 1.165) is 4.90 Å². The van der Waals surface area contributed by atoms with E-state index < -0.39 is 5.97 Å². The Morgan fingerprint density at radius 1 is 1.30 bits per heavy atom. The smallest absolute Gasteiger partial charge is 0.305 e. The zero-order valence-corrected chi connectivity index (χ0v) is 12.9. The van der Waals surface area contributed by atoms with Gasteiger partial charge in [-0.25, -0.2) is 0 Å². The van der Waals surface area contributed by atoms with Gasteiger partial charge in [0.2, 0.25) is 5.91 Å². The number of aryl methyl sites for hydroxylation is 1. The van der Waals surface area contributed by atoms with E-state index in [1.54, 1.807) is 11.8 Å². The quantitative estimate of drug-likeness (QED) is 0.786. The molecule has 0 spiro atoms. The summed E-state index contributed by atoms with van der Waals surface area (Å²) in [6, 6.07) is 7.73. The summed E-state index contributed by atoms with van der Waals surface area (Å²) in [5, 5.41) is 8.80. The van der Waals surface area contributed by atoms with Gasteiger partial charge in [-0.1, -0.05) is 17.7 Å². The molecule has 0 aliphatic carbocycles. The molecular formula is C15H21NO3S. The van der Waals surface area contributed by atoms with Crippen molar-refractivity contribution in [2.24, 2.45) is 0 Å². The summed E-state index contributed by atoms with van der Waals surface area (Å²) in [6.45, 7) is 6.19. The van der Waals surface area contributed by atoms with Crippen LogP contribution in [0.1, 0.15) is 25.8 Å². The van der Waals surface area contributed by atoms with Gasteiger partial charge >= 0.3 is 5.97 Å². The number of benzene rings is 1. The SMILES string of the molecule is CCN(C(=O)CSc1ccc(C)cc1)C(C)CC(=O)O. The number of hydrogen-bond donors (Lipinski definition) is 1. The minimum absolute atomic E-state index is 0.0191. The molecule has 0 fully saturated rings. The molecule has 0 aliphatic rings. The van der Waals surface area contributed by atoms with Crippen LogP contribution in [0.25, 0.3) is 0 Å². The van der Waals surface area contributed by atoms with Gasteiger partial charge in [0.1, 0.15) is 0 Å². The Kier molecular flexibility index (Phi) is 6.58. The van der Waals surface area contributed by atoms with Crippen molar-refractivity contribution in [2.45, 2.75) is 38.1 Å². The van der Waals surface area contributed by atoms with E-state index in [9.17, 15) is 9.59 Å². The molecule has 0 saturated carbocycles. The first kappa shape index (κ1) is 16.6. The number of aliphatic carboxylic acids is 1. The summed E-state index contributed by atoms with van der Waals surface area (Å²) in [6.07, 6.45) is -0.0191. The Hall–Kier alpha value is -1.49. The summed E-state index contributed by atoms with van der Waals surface area (Å²) in [5.74, 6) is -0.567. The number of carbonyl (C=O) groups excluding carboxylic acids is 1. The topological polar surface area (TPSA) is 57.6 Å². The predicted octanol–water partition coefficient (Wildman–Crippen LogP) is 2.80. The molecule has 1 atom stereocenters. The minimum atomic E-state index is -0.880. The van der Waals surface area contributed by atoms with Gasteiger partial charge in [0.15, 0.2) is 0 Å². The van der Waals surface area contributed by atoms with Crippen molar-refractivity contribution in [2.75, 3.05) is 12.3 Å². The van der Waals surface area contributed by atoms with Crippen LogP contribution < -0.4 is 0 Å². The van der Waals surface area contributed by atoms with Crippen LogP contribution in [0.5, 0.6) is 0 Å². The fourth-order valence-corrected chi connectivity index (χ4v) is 2.74. The lowest BCUT2D eigenvalue weighted by molar-refractivity contribution is -0.139. The van der Waals surface area contributed by atoms with Crippen molar-refractivity contribution >= 4 is 23.6 Å². The molecule has 1 aromatic rings. The fraction of sp³-hybridized carbons (Fsp3) is 0.467. The van der Waals surface area contributed by atoms with Crippen LogP contribution in [0.15, 0.2) is 29.2 Å². The normalized spacial score (nSPS) is 11.9. The van der Waals surface area contributed by atoms with Gasteiger partial charge in [0.05, 0.1) is 12.2 Å². The Labute approximate surface area is 124 Å². The molecule has 5 heteroatoms. The zero-order valence-electron chi connectivity index (χ0n) is 12.1. The first-order valence-electron chi connectivity index (χ1n) is 6.64. The lowest BCUT2D eigenvalue weighted by Crippen LogP contribution is -2.40. The van der Waals surface area contributed by atoms with Crippen LogP contribution in [-0.2, 0) is 9.59 Å². The average molecular weight is 295 g/mol. The highest BCUT2D eigenvalue weighted by atomic mass is 32.2. The molecular weight excluding hydrogens is 274 g/mol. The van der Waals surface area contributed by atoms with Crippen LogP contribution in [0.2, 0.25) is 0 Å². The number of hydrogen-bond acceptors (Lipinski definition) is 3. The van der Waals surface area contributed by atoms with Crippen molar-refractivity contribution in [3.8, 4) is 0 Å². The summed E-state index contributed by atoms with van der Waals surface area (Å²) in [5.41, 5.74) is 1.19. The maximum atomic E-state index is 12.1. The molecule has 4 nitrogen and oxygen atoms in total. The second kappa shape index (κ2) is 7.94. The average Bonchev–Trinajstić information content (AvgIpc) is 2.38. The van der Waals surface area contributed by atoms with Crippen LogP contribution in [0, 0.1) is 6.92 Å². The van der Waals surface area contributed by atoms with E-state index >= 15 is 0 Å². The highest BCUT2D eigenvalue weighted by Gasteiger charge is 2.20. The first-order valence-corrected chi connectivity index (χ1v) is 7.63. The molecule has 110 valence electrons. The van der Waals surface area contributed by atoms with Gasteiger partial charge in [-0.3, -0.25) is 9.59 Å². The van der Waals surface area contributed by atoms with Gasteiger partial charge in [-0.15, -0.1) is 11.8 Å². The number of carboxylic acid groups (broad SMARTS) is 1. The highest BCUT2D eigenvalue weighted by molar-refractivity contribution is 8.00. The maximum Gasteiger partial charge on any atom is 0.305 e. The first-order chi connectivity index (χ1) is 9.43. The van der Waals surface area contributed by atoms with E-state index in [1.165, 1.54) is 17.3 Å². The third-order valence-corrected chi connectivity index (χ3v) is 4.04. The largest absolute Gasteiger partial charge is 0.481 e. The Bertz CT molecular complexity index is 459. The van der Waals surface area contributed by atoms with E-state index in [4.69, 9.17) is 5.11 Å². The molecule has 1 aromatic carbocycles. The number of rotatable bonds is 7. The number of thioether (sulfide) groups is 1. The van der Waals surface area contributed by atoms with Gasteiger partial charge < -0.3 is 10.0 Å². The van der Waals surface area contributed by atoms with Crippen LogP contribution in [0.4, 0.5) is 0 Å². The third-order valence-electron chi connectivity index (χ3n) is 3.05. The molecule has 20 heavy (non-hydrogen) atoms.